The summed E-state index contributed by atoms with van der Waals surface area (Å²) in [4.78, 5) is 29.2. The molecular weight excluding hydrogens is 417 g/mol. The molecule has 5 nitrogen and oxygen atoms in total. The van der Waals surface area contributed by atoms with Gasteiger partial charge in [-0.25, -0.2) is 9.78 Å². The van der Waals surface area contributed by atoms with Crippen LogP contribution in [0.1, 0.15) is 26.6 Å². The SMILES string of the molecule is O=C(Nc1ncc(Cc2cccc(C(F)(F)F)c2)s1)c1cc2ccccc2c(=O)o1. The second kappa shape index (κ2) is 7.75. The fourth-order valence-corrected chi connectivity index (χ4v) is 3.75. The average molecular weight is 430 g/mol. The first-order valence-electron chi connectivity index (χ1n) is 8.75. The number of carbonyl (C=O) groups excluding carboxylic acids is 1. The molecular formula is C21H13F3N2O3S. The number of fused-ring (bicyclic) bond motifs is 1. The third-order valence-electron chi connectivity index (χ3n) is 4.30. The van der Waals surface area contributed by atoms with Crippen molar-refractivity contribution in [2.45, 2.75) is 12.6 Å². The molecule has 2 aromatic heterocycles. The van der Waals surface area contributed by atoms with Gasteiger partial charge in [-0.15, -0.1) is 11.3 Å². The monoisotopic (exact) mass is 430 g/mol. The van der Waals surface area contributed by atoms with Crippen LogP contribution in [0.3, 0.4) is 0 Å². The molecule has 4 rings (SSSR count). The van der Waals surface area contributed by atoms with Crippen LogP contribution in [0.4, 0.5) is 18.3 Å². The summed E-state index contributed by atoms with van der Waals surface area (Å²) >= 11 is 1.13. The lowest BCUT2D eigenvalue weighted by Crippen LogP contribution is -2.14. The predicted octanol–water partition coefficient (Wildman–Crippen LogP) is 5.11. The molecule has 0 saturated carbocycles. The molecule has 0 saturated heterocycles. The van der Waals surface area contributed by atoms with Gasteiger partial charge in [0.1, 0.15) is 0 Å². The zero-order valence-electron chi connectivity index (χ0n) is 15.2. The van der Waals surface area contributed by atoms with Crippen LogP contribution < -0.4 is 10.9 Å². The van der Waals surface area contributed by atoms with Crippen LogP contribution >= 0.6 is 11.3 Å². The first-order chi connectivity index (χ1) is 14.3. The van der Waals surface area contributed by atoms with E-state index in [4.69, 9.17) is 4.42 Å². The number of aromatic nitrogens is 1. The number of nitrogens with one attached hydrogen (secondary N) is 1. The van der Waals surface area contributed by atoms with Crippen LogP contribution in [0.25, 0.3) is 10.8 Å². The summed E-state index contributed by atoms with van der Waals surface area (Å²) in [5.74, 6) is -0.800. The Balaban J connectivity index is 1.50. The number of alkyl halides is 3. The van der Waals surface area contributed by atoms with Crippen LogP contribution in [0.15, 0.2) is 70.0 Å². The van der Waals surface area contributed by atoms with Crippen LogP contribution in [-0.2, 0) is 12.6 Å². The quantitative estimate of drug-likeness (QED) is 0.488. The molecule has 0 aliphatic heterocycles. The van der Waals surface area contributed by atoms with Gasteiger partial charge in [-0.3, -0.25) is 10.1 Å². The molecule has 0 radical (unpaired) electrons. The summed E-state index contributed by atoms with van der Waals surface area (Å²) in [5.41, 5.74) is -0.862. The zero-order chi connectivity index (χ0) is 21.3. The van der Waals surface area contributed by atoms with E-state index in [2.05, 4.69) is 10.3 Å². The minimum Gasteiger partial charge on any atom is -0.417 e. The standard InChI is InChI=1S/C21H13F3N2O3S/c22-21(23,24)14-6-3-4-12(8-14)9-15-11-25-20(30-15)26-18(27)17-10-13-5-1-2-7-16(13)19(28)29-17/h1-8,10-11H,9H2,(H,25,26,27). The normalized spacial score (nSPS) is 11.6. The summed E-state index contributed by atoms with van der Waals surface area (Å²) in [7, 11) is 0. The number of nitrogens with zero attached hydrogens (tertiary/aromatic N) is 1. The maximum atomic E-state index is 12.9. The number of hydrogen-bond donors (Lipinski definition) is 1. The Bertz CT molecular complexity index is 1290. The number of halogens is 3. The fraction of sp³-hybridized carbons (Fsp3) is 0.0952. The van der Waals surface area contributed by atoms with Crippen LogP contribution in [0.5, 0.6) is 0 Å². The van der Waals surface area contributed by atoms with Crippen molar-refractivity contribution in [2.24, 2.45) is 0 Å². The summed E-state index contributed by atoms with van der Waals surface area (Å²) in [5, 5.41) is 3.74. The van der Waals surface area contributed by atoms with Gasteiger partial charge in [-0.1, -0.05) is 36.4 Å². The van der Waals surface area contributed by atoms with Crippen molar-refractivity contribution >= 4 is 33.1 Å². The number of carbonyl (C=O) groups is 1. The van der Waals surface area contributed by atoms with Crippen molar-refractivity contribution in [3.8, 4) is 0 Å². The summed E-state index contributed by atoms with van der Waals surface area (Å²) in [6.07, 6.45) is -2.69. The topological polar surface area (TPSA) is 72.2 Å². The number of amides is 1. The maximum Gasteiger partial charge on any atom is 0.416 e. The summed E-state index contributed by atoms with van der Waals surface area (Å²) < 4.78 is 43.6. The van der Waals surface area contributed by atoms with Gasteiger partial charge in [0.2, 0.25) is 0 Å². The number of hydrogen-bond acceptors (Lipinski definition) is 5. The third-order valence-corrected chi connectivity index (χ3v) is 5.21. The molecule has 30 heavy (non-hydrogen) atoms. The van der Waals surface area contributed by atoms with Crippen molar-refractivity contribution in [1.29, 1.82) is 0 Å². The van der Waals surface area contributed by atoms with E-state index >= 15 is 0 Å². The average Bonchev–Trinajstić information content (AvgIpc) is 3.14. The Labute approximate surface area is 171 Å². The van der Waals surface area contributed by atoms with Gasteiger partial charge in [0.05, 0.1) is 10.9 Å². The maximum absolute atomic E-state index is 12.9. The van der Waals surface area contributed by atoms with E-state index in [1.165, 1.54) is 18.3 Å². The molecule has 0 bridgehead atoms. The Morgan fingerprint density at radius 3 is 2.70 bits per heavy atom. The van der Waals surface area contributed by atoms with Gasteiger partial charge < -0.3 is 4.42 Å². The highest BCUT2D eigenvalue weighted by atomic mass is 32.1. The molecule has 0 fully saturated rings. The molecule has 2 heterocycles. The van der Waals surface area contributed by atoms with Crippen molar-refractivity contribution in [2.75, 3.05) is 5.32 Å². The van der Waals surface area contributed by atoms with Crippen molar-refractivity contribution < 1.29 is 22.4 Å². The Hall–Kier alpha value is -3.46. The lowest BCUT2D eigenvalue weighted by molar-refractivity contribution is -0.137. The second-order valence-corrected chi connectivity index (χ2v) is 7.56. The molecule has 0 aliphatic carbocycles. The largest absolute Gasteiger partial charge is 0.417 e. The van der Waals surface area contributed by atoms with Gasteiger partial charge in [-0.05, 0) is 29.1 Å². The van der Waals surface area contributed by atoms with Crippen LogP contribution in [0, 0.1) is 0 Å². The first kappa shape index (κ1) is 19.8. The summed E-state index contributed by atoms with van der Waals surface area (Å²) in [6.45, 7) is 0. The molecule has 2 aromatic carbocycles. The van der Waals surface area contributed by atoms with Gasteiger partial charge in [0.15, 0.2) is 10.9 Å². The highest BCUT2D eigenvalue weighted by Gasteiger charge is 2.30. The molecule has 1 N–H and O–H groups in total. The van der Waals surface area contributed by atoms with E-state index in [0.29, 0.717) is 21.2 Å². The van der Waals surface area contributed by atoms with E-state index in [-0.39, 0.29) is 17.3 Å². The Morgan fingerprint density at radius 2 is 1.90 bits per heavy atom. The molecule has 0 aliphatic rings. The Morgan fingerprint density at radius 1 is 1.10 bits per heavy atom. The first-order valence-corrected chi connectivity index (χ1v) is 9.56. The van der Waals surface area contributed by atoms with E-state index in [0.717, 1.165) is 23.5 Å². The lowest BCUT2D eigenvalue weighted by Gasteiger charge is -2.07. The molecule has 9 heteroatoms. The van der Waals surface area contributed by atoms with Gasteiger partial charge in [-0.2, -0.15) is 13.2 Å². The molecule has 0 unspecified atom stereocenters. The minimum absolute atomic E-state index is 0.159. The minimum atomic E-state index is -4.41. The van der Waals surface area contributed by atoms with Crippen molar-refractivity contribution in [3.05, 3.63) is 93.0 Å². The highest BCUT2D eigenvalue weighted by Crippen LogP contribution is 2.30. The van der Waals surface area contributed by atoms with Crippen molar-refractivity contribution in [3.63, 3.8) is 0 Å². The van der Waals surface area contributed by atoms with E-state index in [1.54, 1.807) is 30.3 Å². The van der Waals surface area contributed by atoms with Crippen LogP contribution in [-0.4, -0.2) is 10.9 Å². The second-order valence-electron chi connectivity index (χ2n) is 6.45. The smallest absolute Gasteiger partial charge is 0.416 e. The number of thiazole rings is 1. The highest BCUT2D eigenvalue weighted by molar-refractivity contribution is 7.15. The van der Waals surface area contributed by atoms with Crippen LogP contribution in [0.2, 0.25) is 0 Å². The third kappa shape index (κ3) is 4.25. The van der Waals surface area contributed by atoms with Gasteiger partial charge in [0.25, 0.3) is 5.91 Å². The molecule has 4 aromatic rings. The van der Waals surface area contributed by atoms with E-state index < -0.39 is 23.3 Å². The lowest BCUT2D eigenvalue weighted by atomic mass is 10.1. The number of anilines is 1. The van der Waals surface area contributed by atoms with Gasteiger partial charge >= 0.3 is 11.8 Å². The predicted molar refractivity (Wildman–Crippen MR) is 107 cm³/mol. The molecule has 1 amide bonds. The molecule has 0 spiro atoms. The summed E-state index contributed by atoms with van der Waals surface area (Å²) in [6, 6.07) is 13.2. The van der Waals surface area contributed by atoms with E-state index in [1.807, 2.05) is 0 Å². The van der Waals surface area contributed by atoms with E-state index in [9.17, 15) is 22.8 Å². The number of benzene rings is 2. The Kier molecular flexibility index (Phi) is 5.13. The van der Waals surface area contributed by atoms with Crippen molar-refractivity contribution in [1.82, 2.24) is 4.98 Å². The zero-order valence-corrected chi connectivity index (χ0v) is 16.0. The molecule has 0 atom stereocenters. The number of rotatable bonds is 4. The van der Waals surface area contributed by atoms with Gasteiger partial charge in [0, 0.05) is 17.5 Å². The fourth-order valence-electron chi connectivity index (χ4n) is 2.91. The molecule has 152 valence electrons.